The van der Waals surface area contributed by atoms with Gasteiger partial charge in [0.1, 0.15) is 0 Å². The van der Waals surface area contributed by atoms with Crippen LogP contribution in [0.4, 0.5) is 0 Å². The highest BCUT2D eigenvalue weighted by atomic mass is 15.0. The topological polar surface area (TPSA) is 43.6 Å². The third-order valence-corrected chi connectivity index (χ3v) is 10.3. The van der Waals surface area contributed by atoms with E-state index in [2.05, 4.69) is 174 Å². The third-order valence-electron chi connectivity index (χ3n) is 10.3. The van der Waals surface area contributed by atoms with Crippen molar-refractivity contribution in [1.82, 2.24) is 19.5 Å². The van der Waals surface area contributed by atoms with Crippen molar-refractivity contribution in [2.24, 2.45) is 0 Å². The molecule has 4 nitrogen and oxygen atoms in total. The van der Waals surface area contributed by atoms with E-state index in [0.717, 1.165) is 33.2 Å². The Hall–Kier alpha value is -6.91. The Morgan fingerprint density at radius 2 is 0.824 bits per heavy atom. The van der Waals surface area contributed by atoms with Crippen molar-refractivity contribution in [2.45, 2.75) is 0 Å². The molecule has 1 aliphatic carbocycles. The van der Waals surface area contributed by atoms with Gasteiger partial charge in [-0.3, -0.25) is 0 Å². The summed E-state index contributed by atoms with van der Waals surface area (Å²) in [6, 6.07) is 55.9. The average Bonchev–Trinajstić information content (AvgIpc) is 3.44. The average molecular weight is 649 g/mol. The monoisotopic (exact) mass is 648 g/mol. The molecule has 8 aromatic carbocycles. The minimum absolute atomic E-state index is 0.641. The van der Waals surface area contributed by atoms with E-state index in [9.17, 15) is 0 Å². The number of hydrogen-bond donors (Lipinski definition) is 0. The summed E-state index contributed by atoms with van der Waals surface area (Å²) in [6.45, 7) is 0. The van der Waals surface area contributed by atoms with Crippen LogP contribution < -0.4 is 0 Å². The van der Waals surface area contributed by atoms with E-state index in [1.54, 1.807) is 0 Å². The molecule has 2 heterocycles. The highest BCUT2D eigenvalue weighted by molar-refractivity contribution is 6.26. The number of benzene rings is 8. The molecule has 0 saturated heterocycles. The maximum absolute atomic E-state index is 5.09. The Morgan fingerprint density at radius 3 is 1.47 bits per heavy atom. The van der Waals surface area contributed by atoms with Crippen LogP contribution in [0.1, 0.15) is 11.1 Å². The molecule has 0 fully saturated rings. The fraction of sp³-hybridized carbons (Fsp3) is 0. The molecule has 10 aromatic rings. The van der Waals surface area contributed by atoms with Crippen molar-refractivity contribution in [1.29, 1.82) is 0 Å². The van der Waals surface area contributed by atoms with E-state index in [0.29, 0.717) is 17.5 Å². The van der Waals surface area contributed by atoms with Crippen LogP contribution >= 0.6 is 0 Å². The lowest BCUT2D eigenvalue weighted by Crippen LogP contribution is -2.01. The lowest BCUT2D eigenvalue weighted by molar-refractivity contribution is 1.07. The molecule has 4 heteroatoms. The Labute approximate surface area is 293 Å². The Kier molecular flexibility index (Phi) is 5.92. The van der Waals surface area contributed by atoms with Gasteiger partial charge >= 0.3 is 0 Å². The highest BCUT2D eigenvalue weighted by Crippen LogP contribution is 2.42. The van der Waals surface area contributed by atoms with E-state index >= 15 is 0 Å². The van der Waals surface area contributed by atoms with Gasteiger partial charge in [0.25, 0.3) is 0 Å². The molecule has 0 N–H and O–H groups in total. The number of aromatic nitrogens is 4. The Morgan fingerprint density at radius 1 is 0.333 bits per heavy atom. The van der Waals surface area contributed by atoms with Gasteiger partial charge in [-0.1, -0.05) is 121 Å². The molecule has 0 unspecified atom stereocenters. The zero-order valence-electron chi connectivity index (χ0n) is 27.5. The van der Waals surface area contributed by atoms with Gasteiger partial charge in [-0.05, 0) is 92.0 Å². The van der Waals surface area contributed by atoms with Gasteiger partial charge in [-0.25, -0.2) is 15.0 Å². The van der Waals surface area contributed by atoms with E-state index in [1.807, 2.05) is 0 Å². The van der Waals surface area contributed by atoms with Crippen LogP contribution in [0.5, 0.6) is 0 Å². The first-order valence-electron chi connectivity index (χ1n) is 17.3. The normalized spacial score (nSPS) is 12.2. The first-order valence-corrected chi connectivity index (χ1v) is 17.3. The summed E-state index contributed by atoms with van der Waals surface area (Å²) in [4.78, 5) is 15.2. The van der Waals surface area contributed by atoms with Crippen molar-refractivity contribution in [3.63, 3.8) is 0 Å². The minimum atomic E-state index is 0.641. The molecular formula is C47H28N4. The minimum Gasteiger partial charge on any atom is -0.309 e. The van der Waals surface area contributed by atoms with Gasteiger partial charge in [-0.2, -0.15) is 0 Å². The smallest absolute Gasteiger partial charge is 0.164 e. The molecule has 2 aromatic heterocycles. The summed E-state index contributed by atoms with van der Waals surface area (Å²) in [6.07, 6.45) is 4.51. The second-order valence-corrected chi connectivity index (χ2v) is 13.3. The van der Waals surface area contributed by atoms with Crippen molar-refractivity contribution in [3.8, 4) is 39.9 Å². The Balaban J connectivity index is 1.08. The summed E-state index contributed by atoms with van der Waals surface area (Å²) in [5, 5.41) is 9.84. The SMILES string of the molecule is C1=Cc2cccc3c2c2c4c1cccc4ccc2n3-c1ccc(-c2nc(-c3ccc4ccccc4c3)nc(-c3ccc4ccccc4c3)n2)cc1. The molecule has 0 bridgehead atoms. The van der Waals surface area contributed by atoms with Crippen LogP contribution in [0.3, 0.4) is 0 Å². The first kappa shape index (κ1) is 28.0. The molecular weight excluding hydrogens is 621 g/mol. The molecule has 0 saturated carbocycles. The number of hydrogen-bond acceptors (Lipinski definition) is 3. The van der Waals surface area contributed by atoms with Crippen molar-refractivity contribution in [3.05, 3.63) is 169 Å². The molecule has 0 atom stereocenters. The predicted octanol–water partition coefficient (Wildman–Crippen LogP) is 11.9. The zero-order chi connectivity index (χ0) is 33.5. The summed E-state index contributed by atoms with van der Waals surface area (Å²) in [5.74, 6) is 1.94. The van der Waals surface area contributed by atoms with Crippen LogP contribution in [-0.2, 0) is 0 Å². The van der Waals surface area contributed by atoms with Gasteiger partial charge in [0.15, 0.2) is 17.5 Å². The van der Waals surface area contributed by atoms with Gasteiger partial charge < -0.3 is 4.57 Å². The molecule has 0 radical (unpaired) electrons. The Bertz CT molecular complexity index is 2980. The van der Waals surface area contributed by atoms with Crippen LogP contribution in [0, 0.1) is 0 Å². The first-order chi connectivity index (χ1) is 25.2. The van der Waals surface area contributed by atoms with E-state index < -0.39 is 0 Å². The van der Waals surface area contributed by atoms with Crippen molar-refractivity contribution in [2.75, 3.05) is 0 Å². The van der Waals surface area contributed by atoms with Crippen LogP contribution in [0.15, 0.2) is 158 Å². The summed E-state index contributed by atoms with van der Waals surface area (Å²) in [7, 11) is 0. The van der Waals surface area contributed by atoms with Gasteiger partial charge in [0.05, 0.1) is 11.0 Å². The summed E-state index contributed by atoms with van der Waals surface area (Å²) in [5.41, 5.74) is 8.83. The lowest BCUT2D eigenvalue weighted by Gasteiger charge is -2.12. The van der Waals surface area contributed by atoms with Crippen molar-refractivity contribution >= 4 is 66.3 Å². The maximum atomic E-state index is 5.09. The molecule has 236 valence electrons. The van der Waals surface area contributed by atoms with E-state index in [4.69, 9.17) is 15.0 Å². The second-order valence-electron chi connectivity index (χ2n) is 13.3. The number of fused-ring (bicyclic) bond motifs is 2. The highest BCUT2D eigenvalue weighted by Gasteiger charge is 2.20. The van der Waals surface area contributed by atoms with Gasteiger partial charge in [0.2, 0.25) is 0 Å². The van der Waals surface area contributed by atoms with Crippen LogP contribution in [0.2, 0.25) is 0 Å². The van der Waals surface area contributed by atoms with Gasteiger partial charge in [-0.15, -0.1) is 0 Å². The largest absolute Gasteiger partial charge is 0.309 e. The van der Waals surface area contributed by atoms with Crippen LogP contribution in [-0.4, -0.2) is 19.5 Å². The third kappa shape index (κ3) is 4.37. The van der Waals surface area contributed by atoms with Gasteiger partial charge in [0, 0.05) is 33.2 Å². The number of nitrogens with zero attached hydrogens (tertiary/aromatic N) is 4. The quantitative estimate of drug-likeness (QED) is 0.191. The fourth-order valence-electron chi connectivity index (χ4n) is 7.90. The lowest BCUT2D eigenvalue weighted by atomic mass is 10.00. The van der Waals surface area contributed by atoms with E-state index in [1.165, 1.54) is 54.5 Å². The fourth-order valence-corrected chi connectivity index (χ4v) is 7.90. The standard InChI is InChI=1S/C47H28N4/c1-3-9-35-27-37(19-15-29(35)7-1)46-48-45(49-47(50-46)38-20-16-30-8-2-4-10-36(30)28-38)34-21-24-39(25-22-34)51-40-14-6-13-33-18-17-31-11-5-12-32-23-26-41(51)44(42(31)32)43(33)40/h1-28H. The van der Waals surface area contributed by atoms with Crippen molar-refractivity contribution < 1.29 is 0 Å². The zero-order valence-corrected chi connectivity index (χ0v) is 27.5. The predicted molar refractivity (Wildman–Crippen MR) is 212 cm³/mol. The molecule has 0 amide bonds. The maximum Gasteiger partial charge on any atom is 0.164 e. The number of rotatable bonds is 4. The molecule has 11 rings (SSSR count). The molecule has 0 aliphatic heterocycles. The van der Waals surface area contributed by atoms with Crippen LogP contribution in [0.25, 0.3) is 106 Å². The molecule has 1 aliphatic rings. The molecule has 0 spiro atoms. The van der Waals surface area contributed by atoms with E-state index in [-0.39, 0.29) is 0 Å². The molecule has 51 heavy (non-hydrogen) atoms. The summed E-state index contributed by atoms with van der Waals surface area (Å²) >= 11 is 0. The second kappa shape index (κ2) is 10.8. The summed E-state index contributed by atoms with van der Waals surface area (Å²) < 4.78 is 2.39.